The Morgan fingerprint density at radius 3 is 2.61 bits per heavy atom. The molecule has 2 aromatic rings. The highest BCUT2D eigenvalue weighted by atomic mass is 127. The van der Waals surface area contributed by atoms with Crippen molar-refractivity contribution in [1.29, 1.82) is 0 Å². The van der Waals surface area contributed by atoms with Crippen LogP contribution in [0.2, 0.25) is 0 Å². The second-order valence-corrected chi connectivity index (χ2v) is 5.85. The predicted molar refractivity (Wildman–Crippen MR) is 122 cm³/mol. The van der Waals surface area contributed by atoms with Gasteiger partial charge in [0.25, 0.3) is 0 Å². The first kappa shape index (κ1) is 23.9. The summed E-state index contributed by atoms with van der Waals surface area (Å²) in [5, 5.41) is 6.48. The highest BCUT2D eigenvalue weighted by molar-refractivity contribution is 14.0. The van der Waals surface area contributed by atoms with Crippen LogP contribution in [0, 0.1) is 5.82 Å². The van der Waals surface area contributed by atoms with E-state index in [1.807, 2.05) is 24.3 Å². The Morgan fingerprint density at radius 1 is 1.14 bits per heavy atom. The lowest BCUT2D eigenvalue weighted by Gasteiger charge is -2.15. The van der Waals surface area contributed by atoms with Crippen molar-refractivity contribution in [2.24, 2.45) is 4.99 Å². The van der Waals surface area contributed by atoms with Crippen LogP contribution in [0.4, 0.5) is 4.39 Å². The smallest absolute Gasteiger partial charge is 0.191 e. The molecule has 152 valence electrons. The number of guanidine groups is 1. The molecule has 28 heavy (non-hydrogen) atoms. The van der Waals surface area contributed by atoms with Crippen LogP contribution in [-0.4, -0.2) is 26.7 Å². The van der Waals surface area contributed by atoms with E-state index < -0.39 is 0 Å². The largest absolute Gasteiger partial charge is 0.489 e. The Hall–Kier alpha value is -2.13. The van der Waals surface area contributed by atoms with Crippen molar-refractivity contribution >= 4 is 29.9 Å². The fourth-order valence-corrected chi connectivity index (χ4v) is 2.53. The predicted octanol–water partition coefficient (Wildman–Crippen LogP) is 4.02. The van der Waals surface area contributed by atoms with Crippen LogP contribution in [0.3, 0.4) is 0 Å². The van der Waals surface area contributed by atoms with Crippen molar-refractivity contribution in [1.82, 2.24) is 10.6 Å². The molecule has 0 saturated carbocycles. The summed E-state index contributed by atoms with van der Waals surface area (Å²) in [5.74, 6) is 1.19. The number of rotatable bonds is 9. The van der Waals surface area contributed by atoms with Crippen molar-refractivity contribution in [3.05, 3.63) is 77.6 Å². The molecule has 7 heteroatoms. The third-order valence-electron chi connectivity index (χ3n) is 3.87. The van der Waals surface area contributed by atoms with Crippen molar-refractivity contribution < 1.29 is 13.9 Å². The molecule has 0 spiro atoms. The molecular weight excluding hydrogens is 472 g/mol. The lowest BCUT2D eigenvalue weighted by molar-refractivity contribution is 0.181. The lowest BCUT2D eigenvalue weighted by Crippen LogP contribution is -2.36. The number of ether oxygens (including phenoxy) is 2. The third kappa shape index (κ3) is 7.47. The molecule has 2 N–H and O–H groups in total. The maximum Gasteiger partial charge on any atom is 0.191 e. The molecule has 0 unspecified atom stereocenters. The summed E-state index contributed by atoms with van der Waals surface area (Å²) in [6, 6.07) is 12.8. The van der Waals surface area contributed by atoms with E-state index in [-0.39, 0.29) is 36.4 Å². The molecule has 2 aromatic carbocycles. The lowest BCUT2D eigenvalue weighted by atomic mass is 10.1. The second-order valence-electron chi connectivity index (χ2n) is 5.85. The van der Waals surface area contributed by atoms with Gasteiger partial charge in [-0.2, -0.15) is 0 Å². The van der Waals surface area contributed by atoms with E-state index in [4.69, 9.17) is 9.47 Å². The van der Waals surface area contributed by atoms with Gasteiger partial charge in [0.1, 0.15) is 18.2 Å². The van der Waals surface area contributed by atoms with Gasteiger partial charge in [0, 0.05) is 38.4 Å². The first-order valence-electron chi connectivity index (χ1n) is 8.70. The number of benzene rings is 2. The number of nitrogens with zero attached hydrogens (tertiary/aromatic N) is 1. The Morgan fingerprint density at radius 2 is 1.89 bits per heavy atom. The number of halogens is 2. The monoisotopic (exact) mass is 499 g/mol. The fourth-order valence-electron chi connectivity index (χ4n) is 2.53. The number of nitrogens with one attached hydrogen (secondary N) is 2. The number of para-hydroxylation sites is 1. The second kappa shape index (κ2) is 13.1. The Bertz CT molecular complexity index is 784. The Labute approximate surface area is 183 Å². The molecule has 0 fully saturated rings. The number of hydrogen-bond acceptors (Lipinski definition) is 3. The summed E-state index contributed by atoms with van der Waals surface area (Å²) in [6.07, 6.45) is 1.71. The average molecular weight is 499 g/mol. The molecular formula is C21H27FIN3O2. The van der Waals surface area contributed by atoms with Gasteiger partial charge in [0.2, 0.25) is 0 Å². The zero-order valence-corrected chi connectivity index (χ0v) is 18.5. The summed E-state index contributed by atoms with van der Waals surface area (Å²) < 4.78 is 24.4. The van der Waals surface area contributed by atoms with Gasteiger partial charge in [0.15, 0.2) is 5.96 Å². The van der Waals surface area contributed by atoms with Crippen LogP contribution in [0.15, 0.2) is 60.1 Å². The van der Waals surface area contributed by atoms with Crippen molar-refractivity contribution in [3.63, 3.8) is 0 Å². The van der Waals surface area contributed by atoms with Crippen LogP contribution in [0.25, 0.3) is 0 Å². The molecule has 0 heterocycles. The normalized spacial score (nSPS) is 10.8. The van der Waals surface area contributed by atoms with Gasteiger partial charge in [-0.05, 0) is 23.8 Å². The van der Waals surface area contributed by atoms with E-state index >= 15 is 0 Å². The highest BCUT2D eigenvalue weighted by Crippen LogP contribution is 2.17. The first-order chi connectivity index (χ1) is 13.2. The molecule has 0 aromatic heterocycles. The van der Waals surface area contributed by atoms with Crippen LogP contribution in [0.5, 0.6) is 5.75 Å². The number of methoxy groups -OCH3 is 1. The van der Waals surface area contributed by atoms with Gasteiger partial charge < -0.3 is 20.1 Å². The Kier molecular flexibility index (Phi) is 11.2. The van der Waals surface area contributed by atoms with Crippen LogP contribution in [0.1, 0.15) is 16.7 Å². The molecule has 5 nitrogen and oxygen atoms in total. The standard InChI is InChI=1S/C21H26FN3O2.HI/c1-4-11-27-20-8-6-5-7-17(20)14-25-21(23-2)24-13-16-9-10-19(22)18(12-16)15-26-3;/h4-10,12H,1,11,13-15H2,2-3H3,(H2,23,24,25);1H. The molecule has 2 rings (SSSR count). The highest BCUT2D eigenvalue weighted by Gasteiger charge is 2.06. The van der Waals surface area contributed by atoms with Gasteiger partial charge in [-0.25, -0.2) is 4.39 Å². The summed E-state index contributed by atoms with van der Waals surface area (Å²) in [7, 11) is 3.25. The summed E-state index contributed by atoms with van der Waals surface area (Å²) in [4.78, 5) is 4.22. The SMILES string of the molecule is C=CCOc1ccccc1CNC(=NC)NCc1ccc(F)c(COC)c1.I. The van der Waals surface area contributed by atoms with Crippen molar-refractivity contribution in [2.75, 3.05) is 20.8 Å². The summed E-state index contributed by atoms with van der Waals surface area (Å²) in [6.45, 7) is 5.45. The van der Waals surface area contributed by atoms with Gasteiger partial charge in [-0.1, -0.05) is 36.9 Å². The molecule has 0 bridgehead atoms. The molecule has 0 amide bonds. The van der Waals surface area contributed by atoms with E-state index in [9.17, 15) is 4.39 Å². The van der Waals surface area contributed by atoms with E-state index in [1.165, 1.54) is 6.07 Å². The molecule has 0 aliphatic heterocycles. The third-order valence-corrected chi connectivity index (χ3v) is 3.87. The number of hydrogen-bond donors (Lipinski definition) is 2. The zero-order chi connectivity index (χ0) is 19.5. The van der Waals surface area contributed by atoms with Gasteiger partial charge in [0.05, 0.1) is 6.61 Å². The zero-order valence-electron chi connectivity index (χ0n) is 16.2. The maximum absolute atomic E-state index is 13.7. The van der Waals surface area contributed by atoms with Crippen LogP contribution < -0.4 is 15.4 Å². The first-order valence-corrected chi connectivity index (χ1v) is 8.70. The van der Waals surface area contributed by atoms with Crippen LogP contribution >= 0.6 is 24.0 Å². The molecule has 0 aliphatic carbocycles. The van der Waals surface area contributed by atoms with E-state index in [0.717, 1.165) is 16.9 Å². The van der Waals surface area contributed by atoms with Crippen LogP contribution in [-0.2, 0) is 24.4 Å². The van der Waals surface area contributed by atoms with Gasteiger partial charge in [-0.3, -0.25) is 4.99 Å². The number of aliphatic imine (C=N–C) groups is 1. The van der Waals surface area contributed by atoms with E-state index in [1.54, 1.807) is 32.4 Å². The molecule has 0 aliphatic rings. The topological polar surface area (TPSA) is 54.9 Å². The quantitative estimate of drug-likeness (QED) is 0.237. The van der Waals surface area contributed by atoms with Gasteiger partial charge in [-0.15, -0.1) is 24.0 Å². The molecule has 0 atom stereocenters. The molecule has 0 saturated heterocycles. The minimum Gasteiger partial charge on any atom is -0.489 e. The minimum atomic E-state index is -0.265. The van der Waals surface area contributed by atoms with Crippen molar-refractivity contribution in [2.45, 2.75) is 19.7 Å². The summed E-state index contributed by atoms with van der Waals surface area (Å²) in [5.41, 5.74) is 2.50. The minimum absolute atomic E-state index is 0. The van der Waals surface area contributed by atoms with Crippen molar-refractivity contribution in [3.8, 4) is 5.75 Å². The average Bonchev–Trinajstić information content (AvgIpc) is 2.69. The Balaban J connectivity index is 0.00000392. The summed E-state index contributed by atoms with van der Waals surface area (Å²) >= 11 is 0. The van der Waals surface area contributed by atoms with E-state index in [0.29, 0.717) is 31.2 Å². The van der Waals surface area contributed by atoms with Gasteiger partial charge >= 0.3 is 0 Å². The molecule has 0 radical (unpaired) electrons. The fraction of sp³-hybridized carbons (Fsp3) is 0.286. The maximum atomic E-state index is 13.7. The van der Waals surface area contributed by atoms with E-state index in [2.05, 4.69) is 22.2 Å².